The van der Waals surface area contributed by atoms with Gasteiger partial charge in [-0.1, -0.05) is 20.8 Å². The maximum absolute atomic E-state index is 10.6. The van der Waals surface area contributed by atoms with E-state index in [1.54, 1.807) is 0 Å². The van der Waals surface area contributed by atoms with E-state index in [1.165, 1.54) is 5.01 Å². The van der Waals surface area contributed by atoms with Gasteiger partial charge in [-0.3, -0.25) is 5.01 Å². The molecule has 5 nitrogen and oxygen atoms in total. The Labute approximate surface area is 104 Å². The second kappa shape index (κ2) is 5.03. The van der Waals surface area contributed by atoms with Gasteiger partial charge in [0.05, 0.1) is 30.6 Å². The number of aliphatic hydroxyl groups is 1. The first-order valence-corrected chi connectivity index (χ1v) is 9.00. The lowest BCUT2D eigenvalue weighted by atomic mass is 10.2. The van der Waals surface area contributed by atoms with Gasteiger partial charge in [-0.15, -0.1) is 4.91 Å². The summed E-state index contributed by atoms with van der Waals surface area (Å²) in [6.45, 7) is 11.4. The first-order valence-electron chi connectivity index (χ1n) is 6.10. The van der Waals surface area contributed by atoms with Crippen molar-refractivity contribution in [2.45, 2.75) is 57.5 Å². The summed E-state index contributed by atoms with van der Waals surface area (Å²) in [5.74, 6) is 0. The molecule has 1 heterocycles. The van der Waals surface area contributed by atoms with E-state index in [9.17, 15) is 4.91 Å². The predicted octanol–water partition coefficient (Wildman–Crippen LogP) is 2.12. The fraction of sp³-hybridized carbons (Fsp3) is 1.00. The molecule has 1 rings (SSSR count). The molecule has 0 aromatic heterocycles. The number of hydrogen-bond donors (Lipinski definition) is 1. The van der Waals surface area contributed by atoms with Crippen molar-refractivity contribution in [1.82, 2.24) is 5.01 Å². The lowest BCUT2D eigenvalue weighted by Crippen LogP contribution is -2.44. The van der Waals surface area contributed by atoms with Crippen LogP contribution in [0.1, 0.15) is 27.2 Å². The lowest BCUT2D eigenvalue weighted by molar-refractivity contribution is 0.159. The van der Waals surface area contributed by atoms with Crippen LogP contribution in [0.5, 0.6) is 0 Å². The smallest absolute Gasteiger partial charge is 0.192 e. The molecule has 2 atom stereocenters. The second-order valence-corrected chi connectivity index (χ2v) is 11.0. The Morgan fingerprint density at radius 2 is 2.06 bits per heavy atom. The molecule has 0 spiro atoms. The first-order chi connectivity index (χ1) is 7.71. The van der Waals surface area contributed by atoms with Gasteiger partial charge in [-0.25, -0.2) is 0 Å². The summed E-state index contributed by atoms with van der Waals surface area (Å²) in [5, 5.41) is 13.7. The monoisotopic (exact) mass is 260 g/mol. The van der Waals surface area contributed by atoms with Crippen LogP contribution in [0.15, 0.2) is 5.29 Å². The summed E-state index contributed by atoms with van der Waals surface area (Å²) in [6.07, 6.45) is 0.708. The predicted molar refractivity (Wildman–Crippen MR) is 70.1 cm³/mol. The molecule has 0 unspecified atom stereocenters. The molecule has 0 aromatic carbocycles. The number of rotatable bonds is 4. The van der Waals surface area contributed by atoms with Gasteiger partial charge in [0.2, 0.25) is 0 Å². The lowest BCUT2D eigenvalue weighted by Gasteiger charge is -2.38. The molecule has 1 saturated heterocycles. The van der Waals surface area contributed by atoms with Crippen LogP contribution in [0.2, 0.25) is 18.1 Å². The van der Waals surface area contributed by atoms with Crippen LogP contribution in [0.3, 0.4) is 0 Å². The molecule has 0 saturated carbocycles. The van der Waals surface area contributed by atoms with Crippen molar-refractivity contribution < 1.29 is 9.53 Å². The van der Waals surface area contributed by atoms with E-state index >= 15 is 0 Å². The van der Waals surface area contributed by atoms with E-state index in [0.717, 1.165) is 0 Å². The Morgan fingerprint density at radius 1 is 1.47 bits per heavy atom. The average molecular weight is 260 g/mol. The summed E-state index contributed by atoms with van der Waals surface area (Å²) < 4.78 is 6.21. The van der Waals surface area contributed by atoms with E-state index in [-0.39, 0.29) is 23.8 Å². The molecular weight excluding hydrogens is 236 g/mol. The molecule has 0 amide bonds. The van der Waals surface area contributed by atoms with Gasteiger partial charge < -0.3 is 9.53 Å². The van der Waals surface area contributed by atoms with E-state index in [1.807, 2.05) is 0 Å². The van der Waals surface area contributed by atoms with Gasteiger partial charge in [-0.05, 0) is 24.6 Å². The van der Waals surface area contributed by atoms with E-state index in [0.29, 0.717) is 13.0 Å². The van der Waals surface area contributed by atoms with E-state index in [4.69, 9.17) is 9.53 Å². The topological polar surface area (TPSA) is 62.1 Å². The largest absolute Gasteiger partial charge is 0.412 e. The van der Waals surface area contributed by atoms with Crippen molar-refractivity contribution in [2.75, 3.05) is 13.2 Å². The molecule has 0 radical (unpaired) electrons. The molecule has 0 aromatic rings. The molecule has 17 heavy (non-hydrogen) atoms. The fourth-order valence-corrected chi connectivity index (χ4v) is 3.16. The number of hydrogen-bond acceptors (Lipinski definition) is 4. The van der Waals surface area contributed by atoms with E-state index in [2.05, 4.69) is 39.2 Å². The Kier molecular flexibility index (Phi) is 4.32. The minimum atomic E-state index is -1.81. The minimum Gasteiger partial charge on any atom is -0.412 e. The Bertz CT molecular complexity index is 278. The number of aliphatic hydroxyl groups excluding tert-OH is 1. The standard InChI is InChI=1S/C11H24N2O3Si/c1-11(2,3)17(4,5)16-10-6-9(8-14)13(7-10)12-15/h9-10,14H,6-8H2,1-5H3/t9-,10+/m0/s1. The van der Waals surface area contributed by atoms with Gasteiger partial charge in [0.25, 0.3) is 0 Å². The van der Waals surface area contributed by atoms with Crippen molar-refractivity contribution >= 4 is 8.32 Å². The van der Waals surface area contributed by atoms with Gasteiger partial charge >= 0.3 is 0 Å². The number of nitroso groups, excluding NO2 is 1. The van der Waals surface area contributed by atoms with Crippen molar-refractivity contribution in [3.63, 3.8) is 0 Å². The van der Waals surface area contributed by atoms with Crippen molar-refractivity contribution in [1.29, 1.82) is 0 Å². The zero-order chi connectivity index (χ0) is 13.3. The quantitative estimate of drug-likeness (QED) is 0.621. The minimum absolute atomic E-state index is 0.0192. The summed E-state index contributed by atoms with van der Waals surface area (Å²) in [4.78, 5) is 10.6. The van der Waals surface area contributed by atoms with Gasteiger partial charge in [0.15, 0.2) is 8.32 Å². The summed E-state index contributed by atoms with van der Waals surface area (Å²) >= 11 is 0. The number of nitrogens with zero attached hydrogens (tertiary/aromatic N) is 2. The summed E-state index contributed by atoms with van der Waals surface area (Å²) in [7, 11) is -1.81. The van der Waals surface area contributed by atoms with Gasteiger partial charge in [0.1, 0.15) is 0 Å². The van der Waals surface area contributed by atoms with Crippen molar-refractivity contribution in [2.24, 2.45) is 5.29 Å². The molecular formula is C11H24N2O3Si. The van der Waals surface area contributed by atoms with Crippen LogP contribution in [-0.2, 0) is 4.43 Å². The van der Waals surface area contributed by atoms with Crippen LogP contribution in [0.25, 0.3) is 0 Å². The van der Waals surface area contributed by atoms with Gasteiger partial charge in [0, 0.05) is 0 Å². The van der Waals surface area contributed by atoms with E-state index < -0.39 is 8.32 Å². The Balaban J connectivity index is 2.63. The summed E-state index contributed by atoms with van der Waals surface area (Å²) in [6, 6.07) is -0.178. The maximum atomic E-state index is 10.6. The highest BCUT2D eigenvalue weighted by Gasteiger charge is 2.42. The third kappa shape index (κ3) is 3.26. The molecule has 100 valence electrons. The average Bonchev–Trinajstić information content (AvgIpc) is 2.57. The van der Waals surface area contributed by atoms with Crippen LogP contribution in [0, 0.1) is 4.91 Å². The highest BCUT2D eigenvalue weighted by atomic mass is 28.4. The highest BCUT2D eigenvalue weighted by Crippen LogP contribution is 2.38. The molecule has 0 aliphatic carbocycles. The molecule has 1 N–H and O–H groups in total. The van der Waals surface area contributed by atoms with Crippen LogP contribution in [0.4, 0.5) is 0 Å². The molecule has 1 aliphatic heterocycles. The Hall–Kier alpha value is -0.463. The van der Waals surface area contributed by atoms with Crippen LogP contribution in [-0.4, -0.2) is 43.7 Å². The molecule has 6 heteroatoms. The molecule has 1 fully saturated rings. The first kappa shape index (κ1) is 14.6. The summed E-state index contributed by atoms with van der Waals surface area (Å²) in [5.41, 5.74) is 0. The highest BCUT2D eigenvalue weighted by molar-refractivity contribution is 6.74. The fourth-order valence-electron chi connectivity index (χ4n) is 1.80. The third-order valence-corrected chi connectivity index (χ3v) is 8.47. The van der Waals surface area contributed by atoms with Crippen LogP contribution >= 0.6 is 0 Å². The van der Waals surface area contributed by atoms with Crippen molar-refractivity contribution in [3.05, 3.63) is 4.91 Å². The third-order valence-electron chi connectivity index (χ3n) is 3.93. The normalized spacial score (nSPS) is 26.4. The SMILES string of the molecule is CC(C)(C)[Si](C)(C)O[C@@H]1C[C@@H](CO)N(N=O)C1. The van der Waals surface area contributed by atoms with Crippen LogP contribution < -0.4 is 0 Å². The van der Waals surface area contributed by atoms with Gasteiger partial charge in [-0.2, -0.15) is 0 Å². The maximum Gasteiger partial charge on any atom is 0.192 e. The zero-order valence-corrected chi connectivity index (χ0v) is 12.4. The zero-order valence-electron chi connectivity index (χ0n) is 11.4. The Morgan fingerprint density at radius 3 is 2.41 bits per heavy atom. The van der Waals surface area contributed by atoms with Crippen molar-refractivity contribution in [3.8, 4) is 0 Å². The second-order valence-electron chi connectivity index (χ2n) is 6.28. The molecule has 1 aliphatic rings. The molecule has 0 bridgehead atoms.